The maximum Gasteiger partial charge on any atom is 0.262 e. The van der Waals surface area contributed by atoms with E-state index >= 15 is 0 Å². The predicted molar refractivity (Wildman–Crippen MR) is 192 cm³/mol. The normalized spacial score (nSPS) is 15.0. The van der Waals surface area contributed by atoms with Crippen LogP contribution >= 0.6 is 23.4 Å². The molecule has 0 aliphatic carbocycles. The minimum absolute atomic E-state index is 0.248. The smallest absolute Gasteiger partial charge is 0.262 e. The van der Waals surface area contributed by atoms with Crippen LogP contribution < -0.4 is 9.46 Å². The topological polar surface area (TPSA) is 99.5 Å². The van der Waals surface area contributed by atoms with E-state index < -0.39 is 22.0 Å². The van der Waals surface area contributed by atoms with E-state index in [4.69, 9.17) is 21.1 Å². The van der Waals surface area contributed by atoms with Crippen molar-refractivity contribution < 1.29 is 22.7 Å². The van der Waals surface area contributed by atoms with E-state index in [-0.39, 0.29) is 6.61 Å². The number of halogens is 1. The van der Waals surface area contributed by atoms with Gasteiger partial charge in [0.15, 0.2) is 0 Å². The number of aromatic nitrogens is 2. The average molecular weight is 704 g/mol. The zero-order valence-corrected chi connectivity index (χ0v) is 29.5. The SMILES string of the molecule is CCC(OCCc1c2c3c(c(OCc4ccc(-c5ccccc5)cn4)ccc3n1Cc1ccc(Cl)cc1)CC(C)S2)C(=O)NS(C)(=O)=O. The zero-order chi connectivity index (χ0) is 33.8. The van der Waals surface area contributed by atoms with Crippen LogP contribution in [0, 0.1) is 0 Å². The average Bonchev–Trinajstić information content (AvgIpc) is 3.35. The van der Waals surface area contributed by atoms with Crippen molar-refractivity contribution in [2.75, 3.05) is 12.9 Å². The molecule has 6 rings (SSSR count). The Kier molecular flexibility index (Phi) is 10.5. The second kappa shape index (κ2) is 14.7. The number of hydrogen-bond acceptors (Lipinski definition) is 7. The largest absolute Gasteiger partial charge is 0.487 e. The van der Waals surface area contributed by atoms with E-state index in [0.717, 1.165) is 52.0 Å². The Balaban J connectivity index is 1.30. The molecular formula is C37H38ClN3O5S2. The number of thioether (sulfide) groups is 1. The monoisotopic (exact) mass is 703 g/mol. The van der Waals surface area contributed by atoms with Gasteiger partial charge in [0.05, 0.1) is 24.1 Å². The standard InChI is InChI=1S/C37H38ClN3O5S2/c1-4-33(37(42)40-48(3,43)44)45-19-18-32-36-35-30(20-24(2)47-36)34(17-16-31(35)41(32)22-25-10-13-28(38)14-11-25)46-23-29-15-12-27(21-39-29)26-8-6-5-7-9-26/h5-17,21,24,33H,4,18-20,22-23H2,1-3H3,(H,40,42). The molecule has 8 nitrogen and oxygen atoms in total. The molecule has 1 aliphatic rings. The lowest BCUT2D eigenvalue weighted by molar-refractivity contribution is -0.131. The zero-order valence-electron chi connectivity index (χ0n) is 27.1. The van der Waals surface area contributed by atoms with Gasteiger partial charge in [-0.15, -0.1) is 11.8 Å². The molecule has 48 heavy (non-hydrogen) atoms. The number of amides is 1. The van der Waals surface area contributed by atoms with Crippen molar-refractivity contribution in [3.63, 3.8) is 0 Å². The summed E-state index contributed by atoms with van der Waals surface area (Å²) in [7, 11) is -3.68. The van der Waals surface area contributed by atoms with Crippen LogP contribution in [-0.4, -0.2) is 48.1 Å². The minimum atomic E-state index is -3.68. The van der Waals surface area contributed by atoms with Crippen molar-refractivity contribution >= 4 is 50.2 Å². The highest BCUT2D eigenvalue weighted by Crippen LogP contribution is 2.47. The van der Waals surface area contributed by atoms with Crippen molar-refractivity contribution in [1.82, 2.24) is 14.3 Å². The van der Waals surface area contributed by atoms with Crippen LogP contribution in [0.3, 0.4) is 0 Å². The lowest BCUT2D eigenvalue weighted by Crippen LogP contribution is -2.39. The van der Waals surface area contributed by atoms with Gasteiger partial charge in [-0.25, -0.2) is 8.42 Å². The van der Waals surface area contributed by atoms with Crippen LogP contribution in [0.2, 0.25) is 5.02 Å². The molecule has 0 saturated carbocycles. The summed E-state index contributed by atoms with van der Waals surface area (Å²) in [5.74, 6) is 0.194. The van der Waals surface area contributed by atoms with Crippen LogP contribution in [0.5, 0.6) is 5.75 Å². The predicted octanol–water partition coefficient (Wildman–Crippen LogP) is 7.43. The van der Waals surface area contributed by atoms with Crippen LogP contribution in [-0.2, 0) is 45.5 Å². The fourth-order valence-corrected chi connectivity index (χ4v) is 8.06. The van der Waals surface area contributed by atoms with Crippen LogP contribution in [0.1, 0.15) is 42.8 Å². The summed E-state index contributed by atoms with van der Waals surface area (Å²) in [6, 6.07) is 26.3. The van der Waals surface area contributed by atoms with E-state index in [1.807, 2.05) is 71.2 Å². The van der Waals surface area contributed by atoms with Gasteiger partial charge in [-0.05, 0) is 54.3 Å². The summed E-state index contributed by atoms with van der Waals surface area (Å²) in [6.07, 6.45) is 3.72. The van der Waals surface area contributed by atoms with Crippen molar-refractivity contribution in [2.24, 2.45) is 0 Å². The number of carbonyl (C=O) groups is 1. The summed E-state index contributed by atoms with van der Waals surface area (Å²) >= 11 is 8.04. The lowest BCUT2D eigenvalue weighted by atomic mass is 10.0. The third-order valence-electron chi connectivity index (χ3n) is 8.33. The Morgan fingerprint density at radius 3 is 2.52 bits per heavy atom. The summed E-state index contributed by atoms with van der Waals surface area (Å²) in [6.45, 7) is 5.25. The molecule has 0 spiro atoms. The highest BCUT2D eigenvalue weighted by Gasteiger charge is 2.29. The van der Waals surface area contributed by atoms with Crippen molar-refractivity contribution in [1.29, 1.82) is 0 Å². The molecule has 250 valence electrons. The molecule has 1 amide bonds. The molecule has 5 aromatic rings. The highest BCUT2D eigenvalue weighted by molar-refractivity contribution is 8.00. The van der Waals surface area contributed by atoms with Crippen molar-refractivity contribution in [3.8, 4) is 16.9 Å². The molecule has 0 radical (unpaired) electrons. The Morgan fingerprint density at radius 1 is 1.06 bits per heavy atom. The van der Waals surface area contributed by atoms with Gasteiger partial charge < -0.3 is 14.0 Å². The number of sulfonamides is 1. The van der Waals surface area contributed by atoms with Crippen LogP contribution in [0.15, 0.2) is 90.0 Å². The number of hydrogen-bond donors (Lipinski definition) is 1. The molecular weight excluding hydrogens is 666 g/mol. The molecule has 11 heteroatoms. The quantitative estimate of drug-likeness (QED) is 0.136. The van der Waals surface area contributed by atoms with Crippen LogP contribution in [0.25, 0.3) is 22.0 Å². The molecule has 0 bridgehead atoms. The molecule has 0 saturated heterocycles. The van der Waals surface area contributed by atoms with E-state index in [1.165, 1.54) is 15.8 Å². The fraction of sp³-hybridized carbons (Fsp3) is 0.297. The molecule has 2 unspecified atom stereocenters. The maximum absolute atomic E-state index is 12.6. The summed E-state index contributed by atoms with van der Waals surface area (Å²) < 4.78 is 40.1. The van der Waals surface area contributed by atoms with Crippen LogP contribution in [0.4, 0.5) is 0 Å². The first-order valence-electron chi connectivity index (χ1n) is 15.9. The Morgan fingerprint density at radius 2 is 1.83 bits per heavy atom. The van der Waals surface area contributed by atoms with Gasteiger partial charge in [0, 0.05) is 56.5 Å². The van der Waals surface area contributed by atoms with Crippen molar-refractivity contribution in [3.05, 3.63) is 113 Å². The third-order valence-corrected chi connectivity index (χ3v) is 10.4. The first-order chi connectivity index (χ1) is 23.1. The maximum atomic E-state index is 12.6. The molecule has 2 aromatic heterocycles. The van der Waals surface area contributed by atoms with Gasteiger partial charge in [0.25, 0.3) is 5.91 Å². The molecule has 2 atom stereocenters. The lowest BCUT2D eigenvalue weighted by Gasteiger charge is -2.22. The number of nitrogens with one attached hydrogen (secondary N) is 1. The first-order valence-corrected chi connectivity index (χ1v) is 19.1. The second-order valence-electron chi connectivity index (χ2n) is 12.0. The third kappa shape index (κ3) is 7.89. The molecule has 1 aliphatic heterocycles. The summed E-state index contributed by atoms with van der Waals surface area (Å²) in [4.78, 5) is 18.4. The van der Waals surface area contributed by atoms with Crippen molar-refractivity contribution in [2.45, 2.75) is 62.5 Å². The highest BCUT2D eigenvalue weighted by atomic mass is 35.5. The second-order valence-corrected chi connectivity index (χ2v) is 15.6. The van der Waals surface area contributed by atoms with E-state index in [2.05, 4.69) is 46.8 Å². The summed E-state index contributed by atoms with van der Waals surface area (Å²) in [5.41, 5.74) is 7.52. The van der Waals surface area contributed by atoms with Gasteiger partial charge >= 0.3 is 0 Å². The number of rotatable bonds is 13. The number of pyridine rings is 1. The van der Waals surface area contributed by atoms with Gasteiger partial charge in [-0.2, -0.15) is 0 Å². The molecule has 3 aromatic carbocycles. The Labute approximate surface area is 290 Å². The van der Waals surface area contributed by atoms with E-state index in [9.17, 15) is 13.2 Å². The first kappa shape index (κ1) is 34.0. The van der Waals surface area contributed by atoms with Gasteiger partial charge in [-0.1, -0.05) is 74.0 Å². The Hall–Kier alpha value is -3.83. The number of ether oxygens (including phenoxy) is 2. The van der Waals surface area contributed by atoms with Gasteiger partial charge in [-0.3, -0.25) is 14.5 Å². The number of nitrogens with zero attached hydrogens (tertiary/aromatic N) is 2. The van der Waals surface area contributed by atoms with Gasteiger partial charge in [0.2, 0.25) is 10.0 Å². The molecule has 0 fully saturated rings. The number of carbonyl (C=O) groups excluding carboxylic acids is 1. The van der Waals surface area contributed by atoms with E-state index in [1.54, 1.807) is 6.92 Å². The fourth-order valence-electron chi connectivity index (χ4n) is 6.09. The van der Waals surface area contributed by atoms with Gasteiger partial charge in [0.1, 0.15) is 18.5 Å². The summed E-state index contributed by atoms with van der Waals surface area (Å²) in [5, 5.41) is 2.16. The number of benzene rings is 3. The minimum Gasteiger partial charge on any atom is -0.487 e. The molecule has 1 N–H and O–H groups in total. The molecule has 3 heterocycles. The van der Waals surface area contributed by atoms with E-state index in [0.29, 0.717) is 36.3 Å². The Bertz CT molecular complexity index is 2010.